The van der Waals surface area contributed by atoms with Crippen molar-refractivity contribution in [1.82, 2.24) is 5.32 Å². The van der Waals surface area contributed by atoms with E-state index in [9.17, 15) is 9.59 Å². The van der Waals surface area contributed by atoms with Crippen molar-refractivity contribution in [3.63, 3.8) is 0 Å². The largest absolute Gasteiger partial charge is 0.459 e. The van der Waals surface area contributed by atoms with Gasteiger partial charge in [0, 0.05) is 11.4 Å². The number of benzene rings is 1. The zero-order valence-electron chi connectivity index (χ0n) is 14.0. The van der Waals surface area contributed by atoms with Gasteiger partial charge < -0.3 is 20.4 Å². The first kappa shape index (κ1) is 19.0. The highest BCUT2D eigenvalue weighted by atomic mass is 35.5. The van der Waals surface area contributed by atoms with Crippen LogP contribution in [0.2, 0.25) is 0 Å². The number of rotatable bonds is 7. The minimum absolute atomic E-state index is 0. The Hall–Kier alpha value is -2.31. The van der Waals surface area contributed by atoms with Crippen LogP contribution < -0.4 is 16.0 Å². The maximum absolute atomic E-state index is 12.0. The van der Waals surface area contributed by atoms with Crippen LogP contribution in [-0.4, -0.2) is 24.9 Å². The normalized spacial score (nSPS) is 13.0. The Balaban J connectivity index is 0.00000225. The molecule has 0 spiro atoms. The van der Waals surface area contributed by atoms with E-state index in [1.54, 1.807) is 24.3 Å². The van der Waals surface area contributed by atoms with E-state index >= 15 is 0 Å². The fourth-order valence-electron chi connectivity index (χ4n) is 2.39. The number of halogens is 1. The van der Waals surface area contributed by atoms with Crippen LogP contribution in [-0.2, 0) is 4.79 Å². The van der Waals surface area contributed by atoms with E-state index in [4.69, 9.17) is 4.42 Å². The number of anilines is 2. The standard InChI is InChI=1S/C18H21N3O3.ClH/c1-12-9-14(20-17(22)11-19-10-13-4-5-13)6-7-15(12)21-18(23)16-3-2-8-24-16;/h2-3,6-9,13,19H,4-5,10-11H2,1H3,(H,20,22)(H,21,23);1H. The molecule has 2 aromatic rings. The second-order valence-corrected chi connectivity index (χ2v) is 6.08. The number of aryl methyl sites for hydroxylation is 1. The molecule has 3 rings (SSSR count). The molecule has 1 fully saturated rings. The summed E-state index contributed by atoms with van der Waals surface area (Å²) in [4.78, 5) is 23.9. The van der Waals surface area contributed by atoms with Crippen LogP contribution in [0.25, 0.3) is 0 Å². The molecule has 3 N–H and O–H groups in total. The first-order chi connectivity index (χ1) is 11.6. The van der Waals surface area contributed by atoms with Crippen molar-refractivity contribution in [3.8, 4) is 0 Å². The molecule has 0 aliphatic heterocycles. The Morgan fingerprint density at radius 2 is 2.00 bits per heavy atom. The predicted molar refractivity (Wildman–Crippen MR) is 99.3 cm³/mol. The highest BCUT2D eigenvalue weighted by molar-refractivity contribution is 6.03. The highest BCUT2D eigenvalue weighted by Gasteiger charge is 2.20. The zero-order valence-corrected chi connectivity index (χ0v) is 14.8. The van der Waals surface area contributed by atoms with Gasteiger partial charge in [-0.05, 0) is 68.1 Å². The zero-order chi connectivity index (χ0) is 16.9. The van der Waals surface area contributed by atoms with Gasteiger partial charge in [0.1, 0.15) is 0 Å². The summed E-state index contributed by atoms with van der Waals surface area (Å²) in [5.74, 6) is 0.636. The molecular formula is C18H22ClN3O3. The van der Waals surface area contributed by atoms with E-state index in [1.807, 2.05) is 13.0 Å². The third kappa shape index (κ3) is 5.62. The van der Waals surface area contributed by atoms with Crippen LogP contribution >= 0.6 is 12.4 Å². The van der Waals surface area contributed by atoms with Gasteiger partial charge >= 0.3 is 0 Å². The summed E-state index contributed by atoms with van der Waals surface area (Å²) in [6, 6.07) is 8.63. The first-order valence-electron chi connectivity index (χ1n) is 8.08. The van der Waals surface area contributed by atoms with Gasteiger partial charge in [-0.2, -0.15) is 0 Å². The molecule has 1 heterocycles. The Morgan fingerprint density at radius 1 is 1.20 bits per heavy atom. The molecule has 134 valence electrons. The number of hydrogen-bond acceptors (Lipinski definition) is 4. The summed E-state index contributed by atoms with van der Waals surface area (Å²) < 4.78 is 5.07. The predicted octanol–water partition coefficient (Wildman–Crippen LogP) is 3.20. The maximum atomic E-state index is 12.0. The third-order valence-electron chi connectivity index (χ3n) is 3.92. The van der Waals surface area contributed by atoms with E-state index < -0.39 is 0 Å². The minimum Gasteiger partial charge on any atom is -0.459 e. The molecular weight excluding hydrogens is 342 g/mol. The lowest BCUT2D eigenvalue weighted by Crippen LogP contribution is -2.29. The molecule has 2 amide bonds. The van der Waals surface area contributed by atoms with Crippen LogP contribution in [0.15, 0.2) is 41.0 Å². The van der Waals surface area contributed by atoms with Gasteiger partial charge in [0.05, 0.1) is 12.8 Å². The summed E-state index contributed by atoms with van der Waals surface area (Å²) in [5, 5.41) is 8.80. The minimum atomic E-state index is -0.302. The average Bonchev–Trinajstić information content (AvgIpc) is 3.20. The fourth-order valence-corrected chi connectivity index (χ4v) is 2.39. The van der Waals surface area contributed by atoms with Crippen molar-refractivity contribution in [1.29, 1.82) is 0 Å². The molecule has 1 saturated carbocycles. The van der Waals surface area contributed by atoms with Crippen molar-refractivity contribution < 1.29 is 14.0 Å². The van der Waals surface area contributed by atoms with E-state index in [0.29, 0.717) is 17.9 Å². The van der Waals surface area contributed by atoms with Gasteiger partial charge in [0.15, 0.2) is 5.76 Å². The van der Waals surface area contributed by atoms with Gasteiger partial charge in [0.25, 0.3) is 5.91 Å². The molecule has 0 bridgehead atoms. The molecule has 25 heavy (non-hydrogen) atoms. The summed E-state index contributed by atoms with van der Waals surface area (Å²) in [6.45, 7) is 3.09. The number of amides is 2. The molecule has 1 aromatic heterocycles. The lowest BCUT2D eigenvalue weighted by Gasteiger charge is -2.11. The van der Waals surface area contributed by atoms with E-state index in [1.165, 1.54) is 19.1 Å². The number of nitrogens with one attached hydrogen (secondary N) is 3. The Bertz CT molecular complexity index is 727. The summed E-state index contributed by atoms with van der Waals surface area (Å²) in [6.07, 6.45) is 3.98. The number of carbonyl (C=O) groups is 2. The van der Waals surface area contributed by atoms with Gasteiger partial charge in [-0.25, -0.2) is 0 Å². The van der Waals surface area contributed by atoms with Crippen molar-refractivity contribution in [2.75, 3.05) is 23.7 Å². The van der Waals surface area contributed by atoms with Gasteiger partial charge in [0.2, 0.25) is 5.91 Å². The molecule has 0 atom stereocenters. The van der Waals surface area contributed by atoms with E-state index in [-0.39, 0.29) is 30.0 Å². The smallest absolute Gasteiger partial charge is 0.291 e. The molecule has 1 aliphatic carbocycles. The quantitative estimate of drug-likeness (QED) is 0.705. The van der Waals surface area contributed by atoms with Crippen LogP contribution in [0, 0.1) is 12.8 Å². The molecule has 1 aliphatic rings. The maximum Gasteiger partial charge on any atom is 0.291 e. The van der Waals surface area contributed by atoms with Crippen molar-refractivity contribution >= 4 is 35.6 Å². The number of carbonyl (C=O) groups excluding carboxylic acids is 2. The van der Waals surface area contributed by atoms with Gasteiger partial charge in [-0.15, -0.1) is 12.4 Å². The molecule has 6 nitrogen and oxygen atoms in total. The second-order valence-electron chi connectivity index (χ2n) is 6.08. The first-order valence-corrected chi connectivity index (χ1v) is 8.08. The van der Waals surface area contributed by atoms with E-state index in [2.05, 4.69) is 16.0 Å². The van der Waals surface area contributed by atoms with Crippen molar-refractivity contribution in [2.24, 2.45) is 5.92 Å². The molecule has 0 saturated heterocycles. The number of furan rings is 1. The van der Waals surface area contributed by atoms with Crippen LogP contribution in [0.5, 0.6) is 0 Å². The van der Waals surface area contributed by atoms with Gasteiger partial charge in [-0.1, -0.05) is 0 Å². The summed E-state index contributed by atoms with van der Waals surface area (Å²) in [5.41, 5.74) is 2.25. The summed E-state index contributed by atoms with van der Waals surface area (Å²) >= 11 is 0. The Kier molecular flexibility index (Phi) is 6.61. The second kappa shape index (κ2) is 8.69. The topological polar surface area (TPSA) is 83.4 Å². The van der Waals surface area contributed by atoms with Crippen molar-refractivity contribution in [2.45, 2.75) is 19.8 Å². The van der Waals surface area contributed by atoms with Crippen LogP contribution in [0.4, 0.5) is 11.4 Å². The van der Waals surface area contributed by atoms with E-state index in [0.717, 1.165) is 18.0 Å². The fraction of sp³-hybridized carbons (Fsp3) is 0.333. The summed E-state index contributed by atoms with van der Waals surface area (Å²) in [7, 11) is 0. The van der Waals surface area contributed by atoms with Crippen LogP contribution in [0.1, 0.15) is 29.0 Å². The molecule has 7 heteroatoms. The lowest BCUT2D eigenvalue weighted by atomic mass is 10.1. The Morgan fingerprint density at radius 3 is 2.64 bits per heavy atom. The molecule has 0 unspecified atom stereocenters. The third-order valence-corrected chi connectivity index (χ3v) is 3.92. The Labute approximate surface area is 152 Å². The van der Waals surface area contributed by atoms with Gasteiger partial charge in [-0.3, -0.25) is 9.59 Å². The van der Waals surface area contributed by atoms with Crippen LogP contribution in [0.3, 0.4) is 0 Å². The molecule has 1 aromatic carbocycles. The molecule has 0 radical (unpaired) electrons. The highest BCUT2D eigenvalue weighted by Crippen LogP contribution is 2.27. The number of hydrogen-bond donors (Lipinski definition) is 3. The van der Waals surface area contributed by atoms with Crippen molar-refractivity contribution in [3.05, 3.63) is 47.9 Å². The lowest BCUT2D eigenvalue weighted by molar-refractivity contribution is -0.115. The SMILES string of the molecule is Cc1cc(NC(=O)CNCC2CC2)ccc1NC(=O)c1ccco1.Cl. The average molecular weight is 364 g/mol. The monoisotopic (exact) mass is 363 g/mol.